The first-order valence-electron chi connectivity index (χ1n) is 9.92. The van der Waals surface area contributed by atoms with Gasteiger partial charge in [-0.15, -0.1) is 0 Å². The lowest BCUT2D eigenvalue weighted by atomic mass is 10.1. The number of phenols is 4. The molecule has 9 heteroatoms. The van der Waals surface area contributed by atoms with Crippen LogP contribution >= 0.6 is 0 Å². The number of aliphatic hydroxyl groups excluding tert-OH is 1. The van der Waals surface area contributed by atoms with Crippen LogP contribution in [0.15, 0.2) is 48.6 Å². The fourth-order valence-corrected chi connectivity index (χ4v) is 3.41. The average molecular weight is 440 g/mol. The van der Waals surface area contributed by atoms with Crippen LogP contribution in [0, 0.1) is 0 Å². The van der Waals surface area contributed by atoms with Gasteiger partial charge in [-0.05, 0) is 60.4 Å². The Balaban J connectivity index is 1.58. The van der Waals surface area contributed by atoms with Gasteiger partial charge in [0.2, 0.25) is 11.8 Å². The zero-order valence-electron chi connectivity index (χ0n) is 17.0. The number of rotatable bonds is 6. The van der Waals surface area contributed by atoms with Gasteiger partial charge in [-0.3, -0.25) is 9.59 Å². The van der Waals surface area contributed by atoms with Crippen molar-refractivity contribution in [2.24, 2.45) is 0 Å². The third-order valence-electron chi connectivity index (χ3n) is 5.11. The molecular formula is C23H24N2O7. The molecule has 2 aromatic rings. The van der Waals surface area contributed by atoms with Crippen LogP contribution in [0.2, 0.25) is 0 Å². The lowest BCUT2D eigenvalue weighted by molar-refractivity contribution is -0.120. The van der Waals surface area contributed by atoms with E-state index in [0.29, 0.717) is 24.0 Å². The maximum Gasteiger partial charge on any atom is 0.244 e. The van der Waals surface area contributed by atoms with E-state index in [2.05, 4.69) is 10.6 Å². The van der Waals surface area contributed by atoms with Crippen molar-refractivity contribution in [1.82, 2.24) is 10.6 Å². The first kappa shape index (κ1) is 22.7. The quantitative estimate of drug-likeness (QED) is 0.264. The molecule has 0 aliphatic heterocycles. The molecule has 9 nitrogen and oxygen atoms in total. The van der Waals surface area contributed by atoms with Gasteiger partial charge in [0.15, 0.2) is 23.0 Å². The molecule has 0 aromatic heterocycles. The molecule has 0 saturated heterocycles. The van der Waals surface area contributed by atoms with Gasteiger partial charge in [-0.1, -0.05) is 12.1 Å². The summed E-state index contributed by atoms with van der Waals surface area (Å²) in [5, 5.41) is 53.3. The van der Waals surface area contributed by atoms with Crippen molar-refractivity contribution in [3.8, 4) is 23.0 Å². The average Bonchev–Trinajstić information content (AvgIpc) is 3.09. The normalized spacial score (nSPS) is 20.6. The van der Waals surface area contributed by atoms with Gasteiger partial charge in [-0.2, -0.15) is 0 Å². The molecule has 0 bridgehead atoms. The van der Waals surface area contributed by atoms with Gasteiger partial charge in [0.25, 0.3) is 0 Å². The van der Waals surface area contributed by atoms with Crippen molar-refractivity contribution in [3.05, 3.63) is 59.7 Å². The summed E-state index contributed by atoms with van der Waals surface area (Å²) in [7, 11) is 0. The van der Waals surface area contributed by atoms with Gasteiger partial charge in [0, 0.05) is 12.2 Å². The van der Waals surface area contributed by atoms with E-state index in [1.54, 1.807) is 0 Å². The minimum atomic E-state index is -0.826. The van der Waals surface area contributed by atoms with Crippen LogP contribution in [0.4, 0.5) is 0 Å². The second kappa shape index (κ2) is 9.88. The molecule has 1 aliphatic carbocycles. The lowest BCUT2D eigenvalue weighted by Gasteiger charge is -2.23. The van der Waals surface area contributed by atoms with Crippen LogP contribution in [0.25, 0.3) is 12.2 Å². The zero-order valence-corrected chi connectivity index (χ0v) is 17.0. The van der Waals surface area contributed by atoms with Crippen molar-refractivity contribution < 1.29 is 35.1 Å². The van der Waals surface area contributed by atoms with Crippen LogP contribution in [-0.2, 0) is 9.59 Å². The Hall–Kier alpha value is -3.98. The highest BCUT2D eigenvalue weighted by Crippen LogP contribution is 2.26. The number of hydrogen-bond donors (Lipinski definition) is 7. The number of phenolic OH excluding ortho intramolecular Hbond substituents is 4. The maximum atomic E-state index is 12.3. The summed E-state index contributed by atoms with van der Waals surface area (Å²) >= 11 is 0. The Morgan fingerprint density at radius 3 is 1.75 bits per heavy atom. The van der Waals surface area contributed by atoms with Crippen LogP contribution in [0.3, 0.4) is 0 Å². The highest BCUT2D eigenvalue weighted by atomic mass is 16.3. The number of carbonyl (C=O) groups excluding carboxylic acids is 2. The zero-order chi connectivity index (χ0) is 23.3. The molecule has 2 amide bonds. The molecular weight excluding hydrogens is 416 g/mol. The van der Waals surface area contributed by atoms with E-state index in [4.69, 9.17) is 0 Å². The predicted molar refractivity (Wildman–Crippen MR) is 117 cm³/mol. The number of carbonyl (C=O) groups is 2. The Bertz CT molecular complexity index is 1060. The first-order chi connectivity index (χ1) is 15.2. The van der Waals surface area contributed by atoms with Gasteiger partial charge >= 0.3 is 0 Å². The fraction of sp³-hybridized carbons (Fsp3) is 0.217. The van der Waals surface area contributed by atoms with Gasteiger partial charge < -0.3 is 36.2 Å². The minimum absolute atomic E-state index is 0.263. The number of hydrogen-bond acceptors (Lipinski definition) is 7. The molecule has 1 fully saturated rings. The van der Waals surface area contributed by atoms with Crippen molar-refractivity contribution in [1.29, 1.82) is 0 Å². The molecule has 168 valence electrons. The largest absolute Gasteiger partial charge is 0.504 e. The van der Waals surface area contributed by atoms with E-state index in [-0.39, 0.29) is 23.0 Å². The SMILES string of the molecule is O=C(C=Cc1ccc(O)c(O)c1)N[C@@H]1[C@@H](NC(=O)C=Cc2ccc(O)c(O)c2)CC[C@@H]1O. The topological polar surface area (TPSA) is 159 Å². The van der Waals surface area contributed by atoms with Gasteiger partial charge in [0.05, 0.1) is 18.2 Å². The molecule has 3 rings (SSSR count). The molecule has 2 aromatic carbocycles. The van der Waals surface area contributed by atoms with Gasteiger partial charge in [0.1, 0.15) is 0 Å². The summed E-state index contributed by atoms with van der Waals surface area (Å²) in [5.74, 6) is -2.07. The summed E-state index contributed by atoms with van der Waals surface area (Å²) < 4.78 is 0. The van der Waals surface area contributed by atoms with Gasteiger partial charge in [-0.25, -0.2) is 0 Å². The molecule has 0 radical (unpaired) electrons. The van der Waals surface area contributed by atoms with E-state index in [1.165, 1.54) is 60.7 Å². The van der Waals surface area contributed by atoms with Crippen LogP contribution < -0.4 is 10.6 Å². The van der Waals surface area contributed by atoms with Crippen LogP contribution in [0.1, 0.15) is 24.0 Å². The fourth-order valence-electron chi connectivity index (χ4n) is 3.41. The Labute approximate surface area is 184 Å². The molecule has 1 saturated carbocycles. The number of benzene rings is 2. The first-order valence-corrected chi connectivity index (χ1v) is 9.92. The summed E-state index contributed by atoms with van der Waals surface area (Å²) in [6.07, 6.45) is 5.44. The second-order valence-electron chi connectivity index (χ2n) is 7.46. The van der Waals surface area contributed by atoms with Crippen molar-refractivity contribution >= 4 is 24.0 Å². The molecule has 3 atom stereocenters. The Kier molecular flexibility index (Phi) is 7.01. The van der Waals surface area contributed by atoms with Crippen LogP contribution in [-0.4, -0.2) is 55.5 Å². The minimum Gasteiger partial charge on any atom is -0.504 e. The number of aliphatic hydroxyl groups is 1. The highest BCUT2D eigenvalue weighted by molar-refractivity contribution is 5.93. The smallest absolute Gasteiger partial charge is 0.244 e. The van der Waals surface area contributed by atoms with E-state index < -0.39 is 30.0 Å². The maximum absolute atomic E-state index is 12.3. The van der Waals surface area contributed by atoms with Crippen molar-refractivity contribution in [2.75, 3.05) is 0 Å². The molecule has 0 spiro atoms. The van der Waals surface area contributed by atoms with E-state index in [1.807, 2.05) is 0 Å². The molecule has 7 N–H and O–H groups in total. The predicted octanol–water partition coefficient (Wildman–Crippen LogP) is 1.36. The second-order valence-corrected chi connectivity index (χ2v) is 7.46. The third kappa shape index (κ3) is 5.79. The number of amides is 2. The van der Waals surface area contributed by atoms with Crippen LogP contribution in [0.5, 0.6) is 23.0 Å². The molecule has 0 unspecified atom stereocenters. The third-order valence-corrected chi connectivity index (χ3v) is 5.11. The van der Waals surface area contributed by atoms with E-state index in [9.17, 15) is 35.1 Å². The summed E-state index contributed by atoms with van der Waals surface area (Å²) in [6.45, 7) is 0. The Morgan fingerprint density at radius 1 is 0.750 bits per heavy atom. The standard InChI is InChI=1S/C23H24N2O7/c26-16-6-1-13(11-19(16)29)3-9-21(31)24-15-5-8-18(28)23(15)25-22(32)10-4-14-2-7-17(27)20(30)12-14/h1-4,6-7,9-12,15,18,23,26-30H,5,8H2,(H,24,31)(H,25,32)/t15-,18-,23+/m0/s1. The summed E-state index contributed by atoms with van der Waals surface area (Å²) in [6, 6.07) is 7.09. The molecule has 32 heavy (non-hydrogen) atoms. The Morgan fingerprint density at radius 2 is 1.25 bits per heavy atom. The van der Waals surface area contributed by atoms with E-state index in [0.717, 1.165) is 0 Å². The summed E-state index contributed by atoms with van der Waals surface area (Å²) in [5.41, 5.74) is 1.01. The molecule has 1 aliphatic rings. The van der Waals surface area contributed by atoms with Crippen molar-refractivity contribution in [2.45, 2.75) is 31.0 Å². The number of aromatic hydroxyl groups is 4. The highest BCUT2D eigenvalue weighted by Gasteiger charge is 2.36. The molecule has 0 heterocycles. The van der Waals surface area contributed by atoms with Crippen molar-refractivity contribution in [3.63, 3.8) is 0 Å². The number of nitrogens with one attached hydrogen (secondary N) is 2. The van der Waals surface area contributed by atoms with E-state index >= 15 is 0 Å². The lowest BCUT2D eigenvalue weighted by Crippen LogP contribution is -2.52. The monoisotopic (exact) mass is 440 g/mol. The summed E-state index contributed by atoms with van der Waals surface area (Å²) in [4.78, 5) is 24.5.